The fourth-order valence-electron chi connectivity index (χ4n) is 2.33. The van der Waals surface area contributed by atoms with Gasteiger partial charge in [-0.25, -0.2) is 4.98 Å². The molecule has 0 amide bonds. The molecule has 1 aromatic carbocycles. The van der Waals surface area contributed by atoms with Crippen LogP contribution >= 0.6 is 0 Å². The van der Waals surface area contributed by atoms with Crippen molar-refractivity contribution in [2.45, 2.75) is 33.6 Å². The van der Waals surface area contributed by atoms with Crippen molar-refractivity contribution in [2.75, 3.05) is 6.61 Å². The summed E-state index contributed by atoms with van der Waals surface area (Å²) in [4.78, 5) is 15.8. The third kappa shape index (κ3) is 4.56. The molecule has 0 bridgehead atoms. The smallest absolute Gasteiger partial charge is 0.310 e. The van der Waals surface area contributed by atoms with E-state index in [0.29, 0.717) is 23.9 Å². The topological polar surface area (TPSA) is 72.2 Å². The van der Waals surface area contributed by atoms with Crippen molar-refractivity contribution in [3.8, 4) is 17.7 Å². The van der Waals surface area contributed by atoms with Gasteiger partial charge in [-0.1, -0.05) is 19.1 Å². The number of hydrogen-bond donors (Lipinski definition) is 0. The molecule has 124 valence electrons. The predicted molar refractivity (Wildman–Crippen MR) is 89.9 cm³/mol. The first-order valence-electron chi connectivity index (χ1n) is 7.89. The Hall–Kier alpha value is -2.87. The van der Waals surface area contributed by atoms with Crippen LogP contribution in [0.25, 0.3) is 0 Å². The number of carbonyl (C=O) groups is 1. The Morgan fingerprint density at radius 3 is 2.71 bits per heavy atom. The average molecular weight is 324 g/mol. The minimum atomic E-state index is -0.270. The number of ether oxygens (including phenoxy) is 2. The van der Waals surface area contributed by atoms with E-state index in [0.717, 1.165) is 23.1 Å². The lowest BCUT2D eigenvalue weighted by atomic mass is 10.1. The van der Waals surface area contributed by atoms with Gasteiger partial charge in [0.05, 0.1) is 13.0 Å². The SMILES string of the molecule is CCOC(=O)Cc1ccc(CC)c(Oc2cc(C)cc(C#N)n2)c1. The van der Waals surface area contributed by atoms with E-state index in [2.05, 4.69) is 4.98 Å². The Bertz CT molecular complexity index is 779. The van der Waals surface area contributed by atoms with Gasteiger partial charge >= 0.3 is 5.97 Å². The van der Waals surface area contributed by atoms with Gasteiger partial charge in [0, 0.05) is 6.07 Å². The molecule has 0 aliphatic carbocycles. The van der Waals surface area contributed by atoms with Gasteiger partial charge < -0.3 is 9.47 Å². The van der Waals surface area contributed by atoms with Crippen molar-refractivity contribution >= 4 is 5.97 Å². The first kappa shape index (κ1) is 17.5. The minimum absolute atomic E-state index is 0.193. The minimum Gasteiger partial charge on any atom is -0.466 e. The standard InChI is InChI=1S/C19H20N2O3/c1-4-15-7-6-14(11-19(22)23-5-2)10-17(15)24-18-9-13(3)8-16(12-20)21-18/h6-10H,4-5,11H2,1-3H3. The summed E-state index contributed by atoms with van der Waals surface area (Å²) in [5, 5.41) is 9.03. The number of carbonyl (C=O) groups excluding carboxylic acids is 1. The van der Waals surface area contributed by atoms with Crippen molar-refractivity contribution in [1.29, 1.82) is 5.26 Å². The monoisotopic (exact) mass is 324 g/mol. The van der Waals surface area contributed by atoms with Gasteiger partial charge in [-0.2, -0.15) is 5.26 Å². The number of aryl methyl sites for hydroxylation is 2. The molecule has 0 fully saturated rings. The zero-order valence-corrected chi connectivity index (χ0v) is 14.1. The number of benzene rings is 1. The highest BCUT2D eigenvalue weighted by Crippen LogP contribution is 2.27. The van der Waals surface area contributed by atoms with E-state index in [4.69, 9.17) is 14.7 Å². The first-order chi connectivity index (χ1) is 11.5. The second kappa shape index (κ2) is 8.11. The first-order valence-corrected chi connectivity index (χ1v) is 7.89. The molecule has 0 saturated carbocycles. The maximum absolute atomic E-state index is 11.7. The van der Waals surface area contributed by atoms with Crippen LogP contribution in [-0.4, -0.2) is 17.6 Å². The molecule has 5 heteroatoms. The second-order valence-electron chi connectivity index (χ2n) is 5.36. The third-order valence-electron chi connectivity index (χ3n) is 3.44. The molecule has 0 aliphatic heterocycles. The van der Waals surface area contributed by atoms with Crippen LogP contribution in [0.5, 0.6) is 11.6 Å². The summed E-state index contributed by atoms with van der Waals surface area (Å²) in [7, 11) is 0. The summed E-state index contributed by atoms with van der Waals surface area (Å²) in [6.07, 6.45) is 0.977. The highest BCUT2D eigenvalue weighted by atomic mass is 16.5. The molecule has 2 rings (SSSR count). The lowest BCUT2D eigenvalue weighted by molar-refractivity contribution is -0.142. The zero-order chi connectivity index (χ0) is 17.5. The molecule has 24 heavy (non-hydrogen) atoms. The van der Waals surface area contributed by atoms with Crippen LogP contribution in [0.1, 0.15) is 36.2 Å². The van der Waals surface area contributed by atoms with Crippen molar-refractivity contribution in [1.82, 2.24) is 4.98 Å². The molecule has 1 heterocycles. The van der Waals surface area contributed by atoms with Crippen LogP contribution in [0.4, 0.5) is 0 Å². The fourth-order valence-corrected chi connectivity index (χ4v) is 2.33. The Morgan fingerprint density at radius 1 is 1.25 bits per heavy atom. The van der Waals surface area contributed by atoms with Crippen LogP contribution < -0.4 is 4.74 Å². The van der Waals surface area contributed by atoms with Crippen LogP contribution in [0.2, 0.25) is 0 Å². The molecule has 0 radical (unpaired) electrons. The number of nitriles is 1. The van der Waals surface area contributed by atoms with Crippen molar-refractivity contribution in [3.05, 3.63) is 52.7 Å². The molecule has 5 nitrogen and oxygen atoms in total. The van der Waals surface area contributed by atoms with Gasteiger partial charge in [-0.05, 0) is 49.1 Å². The van der Waals surface area contributed by atoms with Crippen LogP contribution in [0.3, 0.4) is 0 Å². The molecule has 0 aliphatic rings. The second-order valence-corrected chi connectivity index (χ2v) is 5.36. The number of hydrogen-bond acceptors (Lipinski definition) is 5. The molecule has 0 unspecified atom stereocenters. The van der Waals surface area contributed by atoms with Gasteiger partial charge in [0.15, 0.2) is 0 Å². The van der Waals surface area contributed by atoms with Gasteiger partial charge in [0.2, 0.25) is 5.88 Å². The zero-order valence-electron chi connectivity index (χ0n) is 14.1. The van der Waals surface area contributed by atoms with Crippen LogP contribution in [-0.2, 0) is 22.4 Å². The maximum Gasteiger partial charge on any atom is 0.310 e. The maximum atomic E-state index is 11.7. The fraction of sp³-hybridized carbons (Fsp3) is 0.316. The largest absolute Gasteiger partial charge is 0.466 e. The molecule has 0 spiro atoms. The summed E-state index contributed by atoms with van der Waals surface area (Å²) in [5.41, 5.74) is 3.03. The summed E-state index contributed by atoms with van der Waals surface area (Å²) in [6.45, 7) is 6.05. The summed E-state index contributed by atoms with van der Waals surface area (Å²) >= 11 is 0. The normalized spacial score (nSPS) is 10.1. The highest BCUT2D eigenvalue weighted by Gasteiger charge is 2.10. The van der Waals surface area contributed by atoms with Gasteiger partial charge in [0.25, 0.3) is 0 Å². The lowest BCUT2D eigenvalue weighted by Gasteiger charge is -2.12. The molecule has 1 aromatic heterocycles. The number of pyridine rings is 1. The van der Waals surface area contributed by atoms with Gasteiger partial charge in [0.1, 0.15) is 17.5 Å². The lowest BCUT2D eigenvalue weighted by Crippen LogP contribution is -2.07. The van der Waals surface area contributed by atoms with Gasteiger partial charge in [-0.15, -0.1) is 0 Å². The molecule has 0 saturated heterocycles. The number of nitrogens with zero attached hydrogens (tertiary/aromatic N) is 2. The predicted octanol–water partition coefficient (Wildman–Crippen LogP) is 3.72. The van der Waals surface area contributed by atoms with Crippen LogP contribution in [0, 0.1) is 18.3 Å². The van der Waals surface area contributed by atoms with E-state index in [-0.39, 0.29) is 12.4 Å². The molecule has 0 N–H and O–H groups in total. The van der Waals surface area contributed by atoms with E-state index in [9.17, 15) is 4.79 Å². The van der Waals surface area contributed by atoms with E-state index in [1.165, 1.54) is 0 Å². The summed E-state index contributed by atoms with van der Waals surface area (Å²) in [5.74, 6) is 0.740. The van der Waals surface area contributed by atoms with Crippen molar-refractivity contribution in [2.24, 2.45) is 0 Å². The number of aromatic nitrogens is 1. The molecular weight excluding hydrogens is 304 g/mol. The number of esters is 1. The Balaban J connectivity index is 2.29. The van der Waals surface area contributed by atoms with Crippen LogP contribution in [0.15, 0.2) is 30.3 Å². The molecular formula is C19H20N2O3. The average Bonchev–Trinajstić information content (AvgIpc) is 2.54. The number of rotatable bonds is 6. The van der Waals surface area contributed by atoms with E-state index in [1.54, 1.807) is 19.1 Å². The van der Waals surface area contributed by atoms with E-state index >= 15 is 0 Å². The van der Waals surface area contributed by atoms with E-state index < -0.39 is 0 Å². The Morgan fingerprint density at radius 2 is 2.04 bits per heavy atom. The molecule has 2 aromatic rings. The molecule has 0 atom stereocenters. The quantitative estimate of drug-likeness (QED) is 0.757. The Labute approximate surface area is 141 Å². The van der Waals surface area contributed by atoms with Gasteiger partial charge in [-0.3, -0.25) is 4.79 Å². The summed E-state index contributed by atoms with van der Waals surface area (Å²) in [6, 6.07) is 11.2. The van der Waals surface area contributed by atoms with E-state index in [1.807, 2.05) is 38.1 Å². The Kier molecular flexibility index (Phi) is 5.91. The highest BCUT2D eigenvalue weighted by molar-refractivity contribution is 5.72. The third-order valence-corrected chi connectivity index (χ3v) is 3.44. The van der Waals surface area contributed by atoms with Crippen molar-refractivity contribution in [3.63, 3.8) is 0 Å². The summed E-state index contributed by atoms with van der Waals surface area (Å²) < 4.78 is 10.9. The van der Waals surface area contributed by atoms with Crippen molar-refractivity contribution < 1.29 is 14.3 Å².